The molecule has 2 bridgehead atoms. The Labute approximate surface area is 192 Å². The number of nitrogens with one attached hydrogen (secondary N) is 1. The second kappa shape index (κ2) is 7.83. The predicted octanol–water partition coefficient (Wildman–Crippen LogP) is 3.70. The van der Waals surface area contributed by atoms with Crippen LogP contribution in [0.4, 0.5) is 4.39 Å². The van der Waals surface area contributed by atoms with Gasteiger partial charge in [-0.1, -0.05) is 17.7 Å². The molecule has 2 aromatic rings. The molecule has 1 heterocycles. The summed E-state index contributed by atoms with van der Waals surface area (Å²) in [6, 6.07) is 10.1. The quantitative estimate of drug-likeness (QED) is 0.668. The predicted molar refractivity (Wildman–Crippen MR) is 119 cm³/mol. The number of benzene rings is 2. The Bertz CT molecular complexity index is 1110. The SMILES string of the molecule is Cc1ccc2c(c1)C(O)CC(C(=O)CC13CC(NC(=O)COc4ccc(C)c(F)c4)(C1)C3)O2. The van der Waals surface area contributed by atoms with E-state index in [-0.39, 0.29) is 41.5 Å². The maximum absolute atomic E-state index is 13.6. The van der Waals surface area contributed by atoms with E-state index in [4.69, 9.17) is 9.47 Å². The number of carbonyl (C=O) groups excluding carboxylic acids is 2. The lowest BCUT2D eigenvalue weighted by Gasteiger charge is -2.70. The fourth-order valence-electron chi connectivity index (χ4n) is 5.71. The van der Waals surface area contributed by atoms with Gasteiger partial charge in [0.2, 0.25) is 0 Å². The van der Waals surface area contributed by atoms with Crippen molar-refractivity contribution in [1.29, 1.82) is 0 Å². The monoisotopic (exact) mass is 453 g/mol. The summed E-state index contributed by atoms with van der Waals surface area (Å²) in [5.74, 6) is 0.282. The summed E-state index contributed by atoms with van der Waals surface area (Å²) in [6.07, 6.45) is 1.57. The first-order chi connectivity index (χ1) is 15.7. The van der Waals surface area contributed by atoms with Crippen molar-refractivity contribution in [3.8, 4) is 11.5 Å². The van der Waals surface area contributed by atoms with Crippen LogP contribution in [0.2, 0.25) is 0 Å². The second-order valence-electron chi connectivity index (χ2n) is 10.1. The molecule has 0 saturated heterocycles. The van der Waals surface area contributed by atoms with Gasteiger partial charge in [-0.25, -0.2) is 4.39 Å². The molecule has 3 fully saturated rings. The number of rotatable bonds is 7. The van der Waals surface area contributed by atoms with Gasteiger partial charge in [-0.2, -0.15) is 0 Å². The normalized spacial score (nSPS) is 29.1. The van der Waals surface area contributed by atoms with Crippen LogP contribution >= 0.6 is 0 Å². The van der Waals surface area contributed by atoms with Crippen molar-refractivity contribution in [3.05, 3.63) is 58.9 Å². The van der Waals surface area contributed by atoms with Gasteiger partial charge >= 0.3 is 0 Å². The molecule has 6 nitrogen and oxygen atoms in total. The van der Waals surface area contributed by atoms with Crippen molar-refractivity contribution in [2.24, 2.45) is 5.41 Å². The van der Waals surface area contributed by atoms with Gasteiger partial charge in [0.1, 0.15) is 17.3 Å². The van der Waals surface area contributed by atoms with E-state index in [2.05, 4.69) is 5.32 Å². The molecular formula is C26H28FNO5. The van der Waals surface area contributed by atoms with Gasteiger partial charge in [-0.15, -0.1) is 0 Å². The van der Waals surface area contributed by atoms with Gasteiger partial charge in [0.25, 0.3) is 5.91 Å². The number of aliphatic hydroxyl groups excluding tert-OH is 1. The van der Waals surface area contributed by atoms with Crippen LogP contribution in [0.5, 0.6) is 11.5 Å². The molecule has 0 aromatic heterocycles. The molecule has 0 spiro atoms. The van der Waals surface area contributed by atoms with E-state index in [1.807, 2.05) is 25.1 Å². The van der Waals surface area contributed by atoms with Gasteiger partial charge in [0.15, 0.2) is 18.5 Å². The molecule has 1 amide bonds. The van der Waals surface area contributed by atoms with Crippen molar-refractivity contribution < 1.29 is 28.6 Å². The lowest BCUT2D eigenvalue weighted by Crippen LogP contribution is -2.75. The molecule has 7 heteroatoms. The Balaban J connectivity index is 1.10. The average molecular weight is 454 g/mol. The Hall–Kier alpha value is -2.93. The van der Waals surface area contributed by atoms with Gasteiger partial charge in [0.05, 0.1) is 6.10 Å². The number of ether oxygens (including phenoxy) is 2. The van der Waals surface area contributed by atoms with Crippen LogP contribution in [0, 0.1) is 25.1 Å². The van der Waals surface area contributed by atoms with E-state index in [1.54, 1.807) is 19.1 Å². The molecule has 6 rings (SSSR count). The van der Waals surface area contributed by atoms with Gasteiger partial charge < -0.3 is 19.9 Å². The number of amides is 1. The molecule has 0 radical (unpaired) electrons. The lowest BCUT2D eigenvalue weighted by molar-refractivity contribution is -0.175. The maximum Gasteiger partial charge on any atom is 0.258 e. The number of fused-ring (bicyclic) bond motifs is 1. The van der Waals surface area contributed by atoms with E-state index in [9.17, 15) is 19.1 Å². The van der Waals surface area contributed by atoms with E-state index < -0.39 is 12.2 Å². The Morgan fingerprint density at radius 3 is 2.67 bits per heavy atom. The zero-order chi connectivity index (χ0) is 23.4. The van der Waals surface area contributed by atoms with E-state index in [1.165, 1.54) is 6.07 Å². The van der Waals surface area contributed by atoms with Crippen LogP contribution < -0.4 is 14.8 Å². The first kappa shape index (κ1) is 21.9. The van der Waals surface area contributed by atoms with Crippen LogP contribution in [-0.4, -0.2) is 35.0 Å². The third-order valence-corrected chi connectivity index (χ3v) is 7.20. The minimum absolute atomic E-state index is 0.00429. The molecule has 2 atom stereocenters. The van der Waals surface area contributed by atoms with Crippen molar-refractivity contribution in [3.63, 3.8) is 0 Å². The van der Waals surface area contributed by atoms with Crippen LogP contribution in [0.15, 0.2) is 36.4 Å². The van der Waals surface area contributed by atoms with Crippen molar-refractivity contribution >= 4 is 11.7 Å². The third-order valence-electron chi connectivity index (χ3n) is 7.20. The zero-order valence-corrected chi connectivity index (χ0v) is 18.8. The summed E-state index contributed by atoms with van der Waals surface area (Å²) in [5.41, 5.74) is 1.94. The first-order valence-electron chi connectivity index (χ1n) is 11.3. The van der Waals surface area contributed by atoms with E-state index in [0.29, 0.717) is 23.5 Å². The van der Waals surface area contributed by atoms with E-state index >= 15 is 0 Å². The molecule has 3 aliphatic carbocycles. The summed E-state index contributed by atoms with van der Waals surface area (Å²) in [6.45, 7) is 3.44. The number of aliphatic hydroxyl groups is 1. The Kier molecular flexibility index (Phi) is 5.20. The Morgan fingerprint density at radius 2 is 1.94 bits per heavy atom. The highest BCUT2D eigenvalue weighted by atomic mass is 19.1. The molecule has 1 aliphatic heterocycles. The Morgan fingerprint density at radius 1 is 1.18 bits per heavy atom. The summed E-state index contributed by atoms with van der Waals surface area (Å²) in [7, 11) is 0. The minimum Gasteiger partial charge on any atom is -0.484 e. The topological polar surface area (TPSA) is 84.9 Å². The number of halogens is 1. The minimum atomic E-state index is -0.705. The number of aryl methyl sites for hydroxylation is 2. The maximum atomic E-state index is 13.6. The molecule has 2 N–H and O–H groups in total. The van der Waals surface area contributed by atoms with Crippen molar-refractivity contribution in [2.75, 3.05) is 6.61 Å². The highest BCUT2D eigenvalue weighted by molar-refractivity contribution is 5.85. The zero-order valence-electron chi connectivity index (χ0n) is 18.8. The highest BCUT2D eigenvalue weighted by Crippen LogP contribution is 2.69. The second-order valence-corrected chi connectivity index (χ2v) is 10.1. The van der Waals surface area contributed by atoms with Crippen LogP contribution in [0.25, 0.3) is 0 Å². The number of Topliss-reactive ketones (excluding diaryl/α,β-unsaturated/α-hetero) is 1. The molecular weight excluding hydrogens is 425 g/mol. The third kappa shape index (κ3) is 4.10. The van der Waals surface area contributed by atoms with Crippen LogP contribution in [-0.2, 0) is 9.59 Å². The van der Waals surface area contributed by atoms with Gasteiger partial charge in [0, 0.05) is 30.0 Å². The molecule has 2 unspecified atom stereocenters. The largest absolute Gasteiger partial charge is 0.484 e. The number of carbonyl (C=O) groups is 2. The fourth-order valence-corrected chi connectivity index (χ4v) is 5.71. The molecule has 33 heavy (non-hydrogen) atoms. The summed E-state index contributed by atoms with van der Waals surface area (Å²) >= 11 is 0. The molecule has 2 aromatic carbocycles. The lowest BCUT2D eigenvalue weighted by atomic mass is 9.38. The number of hydrogen-bond acceptors (Lipinski definition) is 5. The van der Waals surface area contributed by atoms with Crippen molar-refractivity contribution in [1.82, 2.24) is 5.32 Å². The van der Waals surface area contributed by atoms with Crippen molar-refractivity contribution in [2.45, 2.75) is 63.7 Å². The number of hydrogen-bond donors (Lipinski definition) is 2. The standard InChI is InChI=1S/C26H28FNO5/c1-15-3-6-22-18(7-15)20(29)9-23(33-22)21(30)10-25-12-26(13-25,14-25)28-24(31)11-32-17-5-4-16(2)19(27)8-17/h3-8,20,23,29H,9-14H2,1-2H3,(H,28,31). The molecule has 3 saturated carbocycles. The summed E-state index contributed by atoms with van der Waals surface area (Å²) in [4.78, 5) is 25.2. The average Bonchev–Trinajstić information content (AvgIpc) is 2.72. The summed E-state index contributed by atoms with van der Waals surface area (Å²) in [5, 5.41) is 13.5. The van der Waals surface area contributed by atoms with Gasteiger partial charge in [-0.05, 0) is 62.3 Å². The smallest absolute Gasteiger partial charge is 0.258 e. The van der Waals surface area contributed by atoms with Gasteiger partial charge in [-0.3, -0.25) is 9.59 Å². The van der Waals surface area contributed by atoms with Crippen LogP contribution in [0.3, 0.4) is 0 Å². The fraction of sp³-hybridized carbons (Fsp3) is 0.462. The molecule has 174 valence electrons. The summed E-state index contributed by atoms with van der Waals surface area (Å²) < 4.78 is 24.9. The highest BCUT2D eigenvalue weighted by Gasteiger charge is 2.68. The van der Waals surface area contributed by atoms with Crippen LogP contribution in [0.1, 0.15) is 54.9 Å². The number of ketones is 1. The first-order valence-corrected chi connectivity index (χ1v) is 11.3. The molecule has 4 aliphatic rings. The van der Waals surface area contributed by atoms with E-state index in [0.717, 1.165) is 30.4 Å².